The summed E-state index contributed by atoms with van der Waals surface area (Å²) < 4.78 is 2.61. The molecule has 2 unspecified atom stereocenters. The summed E-state index contributed by atoms with van der Waals surface area (Å²) in [5.74, 6) is 3.06. The van der Waals surface area contributed by atoms with Crippen molar-refractivity contribution in [3.05, 3.63) is 47.2 Å². The minimum Gasteiger partial charge on any atom is -0.195 e. The van der Waals surface area contributed by atoms with E-state index in [-0.39, 0.29) is 0 Å². The quantitative estimate of drug-likeness (QED) is 0.660. The van der Waals surface area contributed by atoms with Crippen molar-refractivity contribution in [1.29, 1.82) is 0 Å². The molecule has 0 radical (unpaired) electrons. The predicted molar refractivity (Wildman–Crippen MR) is 99.4 cm³/mol. The summed E-state index contributed by atoms with van der Waals surface area (Å²) in [5, 5.41) is 0. The standard InChI is InChI=1S/C23H30N/c1-16-3-5-20(6-4-16)22-11-17(2)24(22)15-18-12-21(19-7-8-19)14-23(13-18)9-10-23/h3-6,11,18-19,21H,7-10,12-15H2,1-2H3/q+1. The molecular weight excluding hydrogens is 290 g/mol. The maximum absolute atomic E-state index is 2.61. The second-order valence-corrected chi connectivity index (χ2v) is 9.26. The first kappa shape index (κ1) is 14.9. The molecule has 1 aromatic carbocycles. The molecule has 0 bridgehead atoms. The van der Waals surface area contributed by atoms with Gasteiger partial charge in [0.05, 0.1) is 6.08 Å². The van der Waals surface area contributed by atoms with Crippen LogP contribution in [0.25, 0.3) is 0 Å². The highest BCUT2D eigenvalue weighted by Crippen LogP contribution is 2.62. The summed E-state index contributed by atoms with van der Waals surface area (Å²) in [4.78, 5) is 0. The van der Waals surface area contributed by atoms with E-state index in [9.17, 15) is 0 Å². The Hall–Kier alpha value is -1.37. The lowest BCUT2D eigenvalue weighted by Gasteiger charge is -2.35. The zero-order chi connectivity index (χ0) is 16.3. The Morgan fingerprint density at radius 1 is 1.00 bits per heavy atom. The van der Waals surface area contributed by atoms with Gasteiger partial charge in [-0.2, -0.15) is 4.58 Å². The van der Waals surface area contributed by atoms with Gasteiger partial charge in [-0.25, -0.2) is 0 Å². The van der Waals surface area contributed by atoms with Gasteiger partial charge in [-0.1, -0.05) is 17.7 Å². The third-order valence-electron chi connectivity index (χ3n) is 7.15. The molecule has 126 valence electrons. The van der Waals surface area contributed by atoms with E-state index in [1.165, 1.54) is 67.6 Å². The van der Waals surface area contributed by atoms with Crippen LogP contribution in [0, 0.1) is 30.1 Å². The molecule has 0 N–H and O–H groups in total. The van der Waals surface area contributed by atoms with Gasteiger partial charge in [0.2, 0.25) is 5.71 Å². The van der Waals surface area contributed by atoms with Gasteiger partial charge < -0.3 is 0 Å². The fourth-order valence-electron chi connectivity index (χ4n) is 5.44. The lowest BCUT2D eigenvalue weighted by atomic mass is 9.71. The lowest BCUT2D eigenvalue weighted by molar-refractivity contribution is -0.496. The minimum absolute atomic E-state index is 0.780. The SMILES string of the molecule is CC1=CC(c2ccc(C)cc2)=[N+]1CC1CC(C2CC2)CC2(CC2)C1. The van der Waals surface area contributed by atoms with Crippen LogP contribution in [-0.2, 0) is 0 Å². The Bertz CT molecular complexity index is 713. The first-order valence-electron chi connectivity index (χ1n) is 10.0. The second-order valence-electron chi connectivity index (χ2n) is 9.26. The van der Waals surface area contributed by atoms with Crippen LogP contribution in [0.2, 0.25) is 0 Å². The smallest absolute Gasteiger partial charge is 0.195 e. The van der Waals surface area contributed by atoms with Crippen molar-refractivity contribution in [2.45, 2.75) is 58.8 Å². The van der Waals surface area contributed by atoms with E-state index in [1.807, 2.05) is 0 Å². The van der Waals surface area contributed by atoms with Gasteiger partial charge in [0.25, 0.3) is 0 Å². The van der Waals surface area contributed by atoms with Crippen LogP contribution in [0.4, 0.5) is 0 Å². The van der Waals surface area contributed by atoms with Crippen molar-refractivity contribution in [3.63, 3.8) is 0 Å². The Labute approximate surface area is 146 Å². The maximum Gasteiger partial charge on any atom is 0.218 e. The molecule has 1 aromatic rings. The Morgan fingerprint density at radius 2 is 1.75 bits per heavy atom. The van der Waals surface area contributed by atoms with Crippen LogP contribution >= 0.6 is 0 Å². The van der Waals surface area contributed by atoms with Gasteiger partial charge in [0.15, 0.2) is 12.2 Å². The second kappa shape index (κ2) is 5.31. The van der Waals surface area contributed by atoms with Crippen molar-refractivity contribution >= 4 is 5.71 Å². The zero-order valence-electron chi connectivity index (χ0n) is 15.2. The summed E-state index contributed by atoms with van der Waals surface area (Å²) in [5.41, 5.74) is 6.43. The number of nitrogens with zero attached hydrogens (tertiary/aromatic N) is 1. The summed E-state index contributed by atoms with van der Waals surface area (Å²) in [6.07, 6.45) is 13.0. The molecule has 3 fully saturated rings. The van der Waals surface area contributed by atoms with Crippen molar-refractivity contribution in [1.82, 2.24) is 0 Å². The van der Waals surface area contributed by atoms with Gasteiger partial charge in [-0.15, -0.1) is 0 Å². The number of rotatable bonds is 4. The molecule has 1 heterocycles. The topological polar surface area (TPSA) is 3.01 Å². The first-order valence-corrected chi connectivity index (χ1v) is 10.0. The molecule has 3 saturated carbocycles. The molecule has 4 aliphatic rings. The van der Waals surface area contributed by atoms with E-state index in [2.05, 4.69) is 48.8 Å². The third kappa shape index (κ3) is 2.66. The lowest BCUT2D eigenvalue weighted by Crippen LogP contribution is -2.36. The summed E-state index contributed by atoms with van der Waals surface area (Å²) in [7, 11) is 0. The maximum atomic E-state index is 2.61. The third-order valence-corrected chi connectivity index (χ3v) is 7.15. The molecule has 1 aliphatic heterocycles. The number of benzene rings is 1. The Kier molecular flexibility index (Phi) is 3.30. The first-order chi connectivity index (χ1) is 11.6. The van der Waals surface area contributed by atoms with Crippen LogP contribution in [0.3, 0.4) is 0 Å². The van der Waals surface area contributed by atoms with Gasteiger partial charge in [-0.05, 0) is 81.3 Å². The van der Waals surface area contributed by atoms with E-state index >= 15 is 0 Å². The van der Waals surface area contributed by atoms with E-state index in [4.69, 9.17) is 0 Å². The average Bonchev–Trinajstić information content (AvgIpc) is 3.48. The number of hydrogen-bond donors (Lipinski definition) is 0. The van der Waals surface area contributed by atoms with Crippen LogP contribution in [-0.4, -0.2) is 16.8 Å². The highest BCUT2D eigenvalue weighted by molar-refractivity contribution is 6.08. The van der Waals surface area contributed by atoms with Crippen molar-refractivity contribution in [3.8, 4) is 0 Å². The van der Waals surface area contributed by atoms with Gasteiger partial charge in [-0.3, -0.25) is 0 Å². The molecule has 5 rings (SSSR count). The molecule has 1 spiro atoms. The normalized spacial score (nSPS) is 31.0. The Morgan fingerprint density at radius 3 is 2.38 bits per heavy atom. The predicted octanol–water partition coefficient (Wildman–Crippen LogP) is 5.32. The summed E-state index contributed by atoms with van der Waals surface area (Å²) in [6.45, 7) is 5.71. The van der Waals surface area contributed by atoms with E-state index in [0.717, 1.165) is 23.2 Å². The van der Waals surface area contributed by atoms with Crippen molar-refractivity contribution in [2.24, 2.45) is 23.2 Å². The average molecular weight is 321 g/mol. The van der Waals surface area contributed by atoms with Crippen molar-refractivity contribution in [2.75, 3.05) is 6.54 Å². The molecule has 1 heteroatoms. The molecule has 24 heavy (non-hydrogen) atoms. The summed E-state index contributed by atoms with van der Waals surface area (Å²) >= 11 is 0. The van der Waals surface area contributed by atoms with Crippen molar-refractivity contribution < 1.29 is 4.58 Å². The van der Waals surface area contributed by atoms with E-state index < -0.39 is 0 Å². The van der Waals surface area contributed by atoms with Crippen LogP contribution in [0.15, 0.2) is 36.0 Å². The van der Waals surface area contributed by atoms with Gasteiger partial charge in [0.1, 0.15) is 0 Å². The van der Waals surface area contributed by atoms with Crippen LogP contribution < -0.4 is 0 Å². The fourth-order valence-corrected chi connectivity index (χ4v) is 5.44. The molecule has 0 aromatic heterocycles. The fraction of sp³-hybridized carbons (Fsp3) is 0.609. The molecule has 2 atom stereocenters. The molecule has 1 nitrogen and oxygen atoms in total. The minimum atomic E-state index is 0.780. The van der Waals surface area contributed by atoms with Gasteiger partial charge in [0, 0.05) is 18.4 Å². The zero-order valence-corrected chi connectivity index (χ0v) is 15.2. The van der Waals surface area contributed by atoms with Crippen LogP contribution in [0.1, 0.15) is 63.0 Å². The largest absolute Gasteiger partial charge is 0.218 e. The Balaban J connectivity index is 1.35. The number of allylic oxidation sites excluding steroid dienone is 2. The highest BCUT2D eigenvalue weighted by Gasteiger charge is 2.52. The highest BCUT2D eigenvalue weighted by atomic mass is 15.1. The molecule has 0 saturated heterocycles. The molecule has 3 aliphatic carbocycles. The number of hydrogen-bond acceptors (Lipinski definition) is 0. The van der Waals surface area contributed by atoms with Gasteiger partial charge >= 0.3 is 0 Å². The summed E-state index contributed by atoms with van der Waals surface area (Å²) in [6, 6.07) is 9.06. The van der Waals surface area contributed by atoms with E-state index in [0.29, 0.717) is 0 Å². The van der Waals surface area contributed by atoms with E-state index in [1.54, 1.807) is 6.42 Å². The molecule has 0 amide bonds. The van der Waals surface area contributed by atoms with Crippen LogP contribution in [0.5, 0.6) is 0 Å². The molecular formula is C23H30N+. The number of aryl methyl sites for hydroxylation is 1. The monoisotopic (exact) mass is 320 g/mol.